The molecule has 524 valence electrons. The lowest BCUT2D eigenvalue weighted by atomic mass is 9.47. The lowest BCUT2D eigenvalue weighted by molar-refractivity contribution is -0.185. The van der Waals surface area contributed by atoms with E-state index in [1.807, 2.05) is 59.7 Å². The van der Waals surface area contributed by atoms with Crippen LogP contribution in [0.4, 0.5) is 0 Å². The van der Waals surface area contributed by atoms with Crippen LogP contribution in [0.5, 0.6) is 57.5 Å². The van der Waals surface area contributed by atoms with Gasteiger partial charge < -0.3 is 70.4 Å². The van der Waals surface area contributed by atoms with Crippen LogP contribution in [-0.2, 0) is 63.7 Å². The van der Waals surface area contributed by atoms with Gasteiger partial charge in [-0.15, -0.1) is 0 Å². The molecule has 1 saturated heterocycles. The molecule has 8 aliphatic rings. The number of aryl methyl sites for hydroxylation is 2. The molecule has 5 aromatic carbocycles. The van der Waals surface area contributed by atoms with Crippen LogP contribution in [0.2, 0.25) is 0 Å². The molecular weight excluding hydrogens is 1240 g/mol. The average molecular weight is 1340 g/mol. The van der Waals surface area contributed by atoms with Crippen molar-refractivity contribution < 1.29 is 94.4 Å². The molecule has 0 amide bonds. The summed E-state index contributed by atoms with van der Waals surface area (Å²) in [4.78, 5) is 60.5. The monoisotopic (exact) mass is 1340 g/mol. The summed E-state index contributed by atoms with van der Waals surface area (Å²) in [6, 6.07) is 13.5. The van der Waals surface area contributed by atoms with Gasteiger partial charge in [-0.2, -0.15) is 0 Å². The highest BCUT2D eigenvalue weighted by atomic mass is 16.6. The summed E-state index contributed by atoms with van der Waals surface area (Å²) in [7, 11) is 0. The van der Waals surface area contributed by atoms with Crippen molar-refractivity contribution in [2.45, 2.75) is 220 Å². The van der Waals surface area contributed by atoms with Crippen LogP contribution in [0.15, 0.2) is 60.7 Å². The van der Waals surface area contributed by atoms with Gasteiger partial charge in [-0.1, -0.05) is 120 Å². The van der Waals surface area contributed by atoms with E-state index in [-0.39, 0.29) is 128 Å². The Labute approximate surface area is 567 Å². The van der Waals surface area contributed by atoms with Gasteiger partial charge >= 0.3 is 17.9 Å². The first-order valence-corrected chi connectivity index (χ1v) is 34.2. The Morgan fingerprint density at radius 2 is 1.13 bits per heavy atom. The number of ether oxygens (including phenoxy) is 3. The van der Waals surface area contributed by atoms with E-state index in [1.54, 1.807) is 0 Å². The fourth-order valence-corrected chi connectivity index (χ4v) is 17.5. The van der Waals surface area contributed by atoms with E-state index in [1.165, 1.54) is 42.5 Å². The van der Waals surface area contributed by atoms with Crippen LogP contribution >= 0.6 is 0 Å². The van der Waals surface area contributed by atoms with E-state index >= 15 is 0 Å². The van der Waals surface area contributed by atoms with Gasteiger partial charge in [-0.25, -0.2) is 9.59 Å². The molecule has 0 aromatic heterocycles. The van der Waals surface area contributed by atoms with Crippen molar-refractivity contribution >= 4 is 36.2 Å². The maximum absolute atomic E-state index is 13.1. The number of rotatable bonds is 11. The van der Waals surface area contributed by atoms with Crippen LogP contribution in [0.1, 0.15) is 250 Å². The predicted octanol–water partition coefficient (Wildman–Crippen LogP) is 15.2. The zero-order valence-electron chi connectivity index (χ0n) is 57.9. The van der Waals surface area contributed by atoms with Gasteiger partial charge in [0, 0.05) is 57.7 Å². The molecule has 19 heteroatoms. The number of ketones is 1. The van der Waals surface area contributed by atoms with Crippen molar-refractivity contribution in [3.05, 3.63) is 122 Å². The molecule has 6 aliphatic carbocycles. The van der Waals surface area contributed by atoms with E-state index in [2.05, 4.69) is 41.5 Å². The largest absolute Gasteiger partial charge is 0.504 e. The molecule has 4 unspecified atom stereocenters. The van der Waals surface area contributed by atoms with Gasteiger partial charge in [0.1, 0.15) is 17.1 Å². The Morgan fingerprint density at radius 3 is 1.73 bits per heavy atom. The Hall–Kier alpha value is -8.61. The van der Waals surface area contributed by atoms with E-state index in [9.17, 15) is 80.1 Å². The number of phenols is 10. The number of carbonyl (C=O) groups is 5. The summed E-state index contributed by atoms with van der Waals surface area (Å²) in [5.41, 5.74) is 6.04. The van der Waals surface area contributed by atoms with E-state index in [0.717, 1.165) is 117 Å². The summed E-state index contributed by atoms with van der Waals surface area (Å²) < 4.78 is 16.4. The number of Topliss-reactive ketones (excluding diaryl/α,β-unsaturated/α-hetero) is 1. The summed E-state index contributed by atoms with van der Waals surface area (Å²) >= 11 is 0. The van der Waals surface area contributed by atoms with Crippen molar-refractivity contribution in [2.75, 3.05) is 0 Å². The number of esters is 2. The third-order valence-corrected chi connectivity index (χ3v) is 22.6. The van der Waals surface area contributed by atoms with Crippen LogP contribution in [0, 0.1) is 39.9 Å². The Balaban J connectivity index is 0.000000152. The Morgan fingerprint density at radius 1 is 0.588 bits per heavy atom. The third kappa shape index (κ3) is 13.7. The quantitative estimate of drug-likeness (QED) is 0.0192. The molecule has 19 nitrogen and oxygen atoms in total. The first-order valence-electron chi connectivity index (χ1n) is 34.2. The van der Waals surface area contributed by atoms with Gasteiger partial charge in [0.15, 0.2) is 63.3 Å². The van der Waals surface area contributed by atoms with Gasteiger partial charge in [0.05, 0.1) is 5.56 Å². The van der Waals surface area contributed by atoms with Gasteiger partial charge in [-0.3, -0.25) is 14.4 Å². The van der Waals surface area contributed by atoms with Gasteiger partial charge in [0.25, 0.3) is 6.47 Å². The standard InChI is InChI=1S/C20H26O4.C20H28O4.C20H28O3.C18H16O8/c1-10(2)11-8-12-13-9-14-19(3,4)6-5-7-20(14,18(23)24-13)15(12)17(22)16(11)21;1-12(2)14-10-13-6-7-15-19(3,4)8-5-9-20(15,24-11-21)16(13)18(23)17(14)22;1-11(2)14-10-12-7-8-15-13(6-5-9-20(15,3)4)17(21)16(12)19(23)18(14)22;19-12-4-1-10(7-14(12)21)3-6-17(23)26-16(18(24)25)9-11-2-5-13(20)15(22)8-11/h8,10,13-14,21-22H,5-7,9H2,1-4H3;10-12,15,22-23H,5-9H2,1-4H3;10-11,13,15,22-23H,5-9H2,1-4H3;1-8,16,19-22H,9H2,(H,24,25)/b;;;6-3+/t13?,14-,20+;15-,20+;;/m00../s1. The highest BCUT2D eigenvalue weighted by molar-refractivity contribution is 6.03. The lowest BCUT2D eigenvalue weighted by Crippen LogP contribution is -2.59. The Bertz CT molecular complexity index is 3890. The maximum atomic E-state index is 13.1. The normalized spacial score (nSPS) is 24.7. The number of carbonyl (C=O) groups excluding carboxylic acids is 4. The summed E-state index contributed by atoms with van der Waals surface area (Å²) in [6.07, 6.45) is 13.1. The SMILES string of the molecule is CC(C)c1cc2c(c(O)c1O)C(=O)C1CCCC(C)(C)C1CC2.CC(C)c1cc2c(c(O)c1O)[C@@]1(OC=O)CCCC(C)(C)[C@@H]1CC2.CC(C)c1cc2c(c(O)c1O)[C@@]13CCCC(C)(C)[C@@H]1CC2OC3=O.O=C(/C=C/c1ccc(O)c(O)c1)OC(Cc1ccc(O)c(O)c1)C(=O)O. The molecule has 11 N–H and O–H groups in total. The van der Waals surface area contributed by atoms with E-state index in [4.69, 9.17) is 14.2 Å². The number of hydrogen-bond acceptors (Lipinski definition) is 18. The second kappa shape index (κ2) is 27.7. The highest BCUT2D eigenvalue weighted by Crippen LogP contribution is 2.67. The van der Waals surface area contributed by atoms with Crippen molar-refractivity contribution in [2.24, 2.45) is 39.9 Å². The highest BCUT2D eigenvalue weighted by Gasteiger charge is 2.65. The molecular formula is C78H98O19. The number of aliphatic carboxylic acids is 1. The number of aromatic hydroxyl groups is 10. The minimum Gasteiger partial charge on any atom is -0.504 e. The number of carboxylic acids is 1. The fourth-order valence-electron chi connectivity index (χ4n) is 17.5. The number of phenolic OH excluding ortho intramolecular Hbond substituents is 10. The number of benzene rings is 5. The van der Waals surface area contributed by atoms with Gasteiger partial charge in [0.2, 0.25) is 6.10 Å². The summed E-state index contributed by atoms with van der Waals surface area (Å²) in [5, 5.41) is 110. The smallest absolute Gasteiger partial charge is 0.345 e. The molecule has 13 rings (SSSR count). The zero-order chi connectivity index (χ0) is 71.3. The molecule has 3 saturated carbocycles. The van der Waals surface area contributed by atoms with E-state index in [0.29, 0.717) is 53.0 Å². The molecule has 0 radical (unpaired) electrons. The minimum absolute atomic E-state index is 0.0183. The molecule has 97 heavy (non-hydrogen) atoms. The molecule has 1 spiro atoms. The van der Waals surface area contributed by atoms with Crippen LogP contribution < -0.4 is 0 Å². The molecule has 2 heterocycles. The van der Waals surface area contributed by atoms with Crippen molar-refractivity contribution in [1.29, 1.82) is 0 Å². The number of fused-ring (bicyclic) bond motifs is 6. The predicted molar refractivity (Wildman–Crippen MR) is 363 cm³/mol. The molecule has 8 atom stereocenters. The van der Waals surface area contributed by atoms with Crippen LogP contribution in [0.25, 0.3) is 6.08 Å². The molecule has 2 aliphatic heterocycles. The second-order valence-corrected chi connectivity index (χ2v) is 30.9. The first-order chi connectivity index (χ1) is 45.4. The van der Waals surface area contributed by atoms with Crippen molar-refractivity contribution in [1.82, 2.24) is 0 Å². The molecule has 5 aromatic rings. The molecule has 2 bridgehead atoms. The summed E-state index contributed by atoms with van der Waals surface area (Å²) in [6.45, 7) is 25.8. The second-order valence-electron chi connectivity index (χ2n) is 30.9. The van der Waals surface area contributed by atoms with Crippen molar-refractivity contribution in [3.8, 4) is 57.5 Å². The molecule has 4 fully saturated rings. The minimum atomic E-state index is -1.50. The third-order valence-electron chi connectivity index (χ3n) is 22.6. The van der Waals surface area contributed by atoms with Gasteiger partial charge in [-0.05, 0) is 182 Å². The van der Waals surface area contributed by atoms with Crippen molar-refractivity contribution in [3.63, 3.8) is 0 Å². The first kappa shape index (κ1) is 72.7. The zero-order valence-corrected chi connectivity index (χ0v) is 57.9. The Kier molecular flexibility index (Phi) is 20.8. The fraction of sp³-hybridized carbons (Fsp3) is 0.526. The number of hydrogen-bond donors (Lipinski definition) is 11. The topological polar surface area (TPSA) is 336 Å². The maximum Gasteiger partial charge on any atom is 0.345 e. The number of carboxylic acid groups (broad SMARTS) is 1. The van der Waals surface area contributed by atoms with Crippen LogP contribution in [0.3, 0.4) is 0 Å². The lowest BCUT2D eigenvalue weighted by Gasteiger charge is -2.58. The summed E-state index contributed by atoms with van der Waals surface area (Å²) in [5.74, 6) is -3.59. The van der Waals surface area contributed by atoms with E-state index < -0.39 is 34.8 Å². The van der Waals surface area contributed by atoms with Crippen LogP contribution in [-0.4, -0.2) is 92.4 Å². The average Bonchev–Trinajstić information content (AvgIpc) is 1.01.